The highest BCUT2D eigenvalue weighted by Gasteiger charge is 2.54. The number of nitrogen functional groups attached to an aromatic ring is 1. The van der Waals surface area contributed by atoms with Crippen LogP contribution in [0.4, 0.5) is 0 Å². The Morgan fingerprint density at radius 3 is 2.41 bits per heavy atom. The molecule has 0 spiro atoms. The van der Waals surface area contributed by atoms with Gasteiger partial charge in [-0.2, -0.15) is 0 Å². The number of nitrogens with zero attached hydrogens (tertiary/aromatic N) is 1. The average molecular weight is 602 g/mol. The van der Waals surface area contributed by atoms with E-state index in [1.807, 2.05) is 12.1 Å². The predicted molar refractivity (Wildman–Crippen MR) is 160 cm³/mol. The number of benzene rings is 3. The van der Waals surface area contributed by atoms with E-state index in [1.54, 1.807) is 49.4 Å². The summed E-state index contributed by atoms with van der Waals surface area (Å²) < 4.78 is 33.7. The number of carbonyl (C=O) groups is 2. The first-order valence-electron chi connectivity index (χ1n) is 13.0. The number of nitrogens with two attached hydrogens (primary N) is 2. The Hall–Kier alpha value is -3.51. The van der Waals surface area contributed by atoms with E-state index in [4.69, 9.17) is 21.6 Å². The molecule has 4 rings (SSSR count). The van der Waals surface area contributed by atoms with Crippen LogP contribution in [0.2, 0.25) is 0 Å². The van der Waals surface area contributed by atoms with Gasteiger partial charge in [0.1, 0.15) is 12.4 Å². The molecule has 1 fully saturated rings. The fourth-order valence-electron chi connectivity index (χ4n) is 5.15. The highest BCUT2D eigenvalue weighted by atomic mass is 35.5. The lowest BCUT2D eigenvalue weighted by molar-refractivity contribution is -0.154. The molecule has 0 aliphatic carbocycles. The molecule has 220 valence electrons. The zero-order valence-corrected chi connectivity index (χ0v) is 24.7. The lowest BCUT2D eigenvalue weighted by Crippen LogP contribution is -2.70. The number of methoxy groups -OCH3 is 1. The molecule has 1 saturated heterocycles. The van der Waals surface area contributed by atoms with Crippen molar-refractivity contribution in [2.75, 3.05) is 20.2 Å². The molecule has 0 radical (unpaired) electrons. The molecular weight excluding hydrogens is 566 g/mol. The number of hydrogen-bond acceptors (Lipinski definition) is 8. The third kappa shape index (κ3) is 6.38. The zero-order chi connectivity index (χ0) is 29.1. The van der Waals surface area contributed by atoms with Crippen LogP contribution in [0.25, 0.3) is 10.8 Å². The fourth-order valence-corrected chi connectivity index (χ4v) is 6.79. The van der Waals surface area contributed by atoms with Crippen molar-refractivity contribution in [3.8, 4) is 0 Å². The van der Waals surface area contributed by atoms with E-state index in [1.165, 1.54) is 24.1 Å². The average Bonchev–Trinajstić information content (AvgIpc) is 2.95. The number of nitrogens with one attached hydrogen (secondary N) is 2. The third-order valence-corrected chi connectivity index (χ3v) is 9.68. The minimum absolute atomic E-state index is 0. The van der Waals surface area contributed by atoms with Gasteiger partial charge in [-0.1, -0.05) is 48.5 Å². The van der Waals surface area contributed by atoms with Crippen molar-refractivity contribution in [1.29, 1.82) is 5.41 Å². The van der Waals surface area contributed by atoms with Gasteiger partial charge in [-0.05, 0) is 67.3 Å². The number of piperidine rings is 1. The van der Waals surface area contributed by atoms with Crippen LogP contribution >= 0.6 is 12.4 Å². The minimum Gasteiger partial charge on any atom is -0.468 e. The fraction of sp³-hybridized carbons (Fsp3) is 0.345. The molecule has 1 amide bonds. The normalized spacial score (nSPS) is 18.5. The van der Waals surface area contributed by atoms with Crippen molar-refractivity contribution >= 4 is 50.7 Å². The van der Waals surface area contributed by atoms with Crippen LogP contribution in [0.15, 0.2) is 71.6 Å². The summed E-state index contributed by atoms with van der Waals surface area (Å²) in [4.78, 5) is 25.6. The Labute approximate surface area is 246 Å². The molecule has 6 N–H and O–H groups in total. The molecule has 1 aliphatic rings. The molecule has 10 nitrogen and oxygen atoms in total. The van der Waals surface area contributed by atoms with Crippen LogP contribution in [0.5, 0.6) is 0 Å². The maximum atomic E-state index is 14.5. The number of rotatable bonds is 9. The Morgan fingerprint density at radius 1 is 1.07 bits per heavy atom. The Balaban J connectivity index is 0.00000462. The van der Waals surface area contributed by atoms with Crippen molar-refractivity contribution < 1.29 is 22.7 Å². The van der Waals surface area contributed by atoms with E-state index in [2.05, 4.69) is 5.32 Å². The van der Waals surface area contributed by atoms with Crippen molar-refractivity contribution in [2.24, 2.45) is 11.5 Å². The largest absolute Gasteiger partial charge is 0.468 e. The number of halogens is 1. The lowest BCUT2D eigenvalue weighted by Gasteiger charge is -2.46. The van der Waals surface area contributed by atoms with Crippen LogP contribution < -0.4 is 16.8 Å². The summed E-state index contributed by atoms with van der Waals surface area (Å²) in [7, 11) is -3.35. The van der Waals surface area contributed by atoms with Crippen molar-refractivity contribution in [3.05, 3.63) is 77.9 Å². The summed E-state index contributed by atoms with van der Waals surface area (Å²) in [6, 6.07) is 18.3. The van der Waals surface area contributed by atoms with Crippen LogP contribution in [0.3, 0.4) is 0 Å². The molecule has 0 bridgehead atoms. The first-order valence-corrected chi connectivity index (χ1v) is 14.5. The lowest BCUT2D eigenvalue weighted by atomic mass is 9.95. The molecule has 0 saturated carbocycles. The van der Waals surface area contributed by atoms with E-state index in [0.717, 1.165) is 18.2 Å². The van der Waals surface area contributed by atoms with E-state index in [-0.39, 0.29) is 23.1 Å². The number of sulfone groups is 1. The second kappa shape index (κ2) is 12.6. The maximum absolute atomic E-state index is 14.5. The molecule has 12 heteroatoms. The molecule has 1 unspecified atom stereocenters. The molecule has 1 aliphatic heterocycles. The summed E-state index contributed by atoms with van der Waals surface area (Å²) in [6.07, 6.45) is 1.71. The SMILES string of the molecule is COC(=O)CN(C(=O)[C@@](N)(Cc1cccc(C(=N)N)c1)S(=O)(=O)c1ccc2ccccc2c1)C1(C)CCCCN1.Cl. The van der Waals surface area contributed by atoms with Crippen LogP contribution in [0.1, 0.15) is 37.3 Å². The third-order valence-electron chi connectivity index (χ3n) is 7.53. The van der Waals surface area contributed by atoms with Crippen LogP contribution in [-0.2, 0) is 30.6 Å². The van der Waals surface area contributed by atoms with E-state index in [9.17, 15) is 18.0 Å². The van der Waals surface area contributed by atoms with Gasteiger partial charge in [-0.25, -0.2) is 8.42 Å². The highest BCUT2D eigenvalue weighted by molar-refractivity contribution is 7.93. The Kier molecular flexibility index (Phi) is 9.81. The first-order chi connectivity index (χ1) is 18.9. The maximum Gasteiger partial charge on any atom is 0.325 e. The molecule has 3 aromatic carbocycles. The van der Waals surface area contributed by atoms with Crippen LogP contribution in [0, 0.1) is 5.41 Å². The number of ether oxygens (including phenoxy) is 1. The summed E-state index contributed by atoms with van der Waals surface area (Å²) in [5.74, 6) is -1.85. The number of carbonyl (C=O) groups excluding carboxylic acids is 2. The van der Waals surface area contributed by atoms with Gasteiger partial charge in [0.05, 0.1) is 17.7 Å². The van der Waals surface area contributed by atoms with Gasteiger partial charge >= 0.3 is 5.97 Å². The molecule has 2 atom stereocenters. The monoisotopic (exact) mass is 601 g/mol. The minimum atomic E-state index is -4.55. The molecule has 1 heterocycles. The molecule has 0 aromatic heterocycles. The van der Waals surface area contributed by atoms with Gasteiger partial charge in [-0.3, -0.25) is 20.3 Å². The van der Waals surface area contributed by atoms with Crippen molar-refractivity contribution in [3.63, 3.8) is 0 Å². The highest BCUT2D eigenvalue weighted by Crippen LogP contribution is 2.33. The molecular formula is C29H36ClN5O5S. The number of esters is 1. The van der Waals surface area contributed by atoms with Crippen molar-refractivity contribution in [1.82, 2.24) is 10.2 Å². The van der Waals surface area contributed by atoms with Crippen LogP contribution in [-0.4, -0.2) is 61.8 Å². The predicted octanol–water partition coefficient (Wildman–Crippen LogP) is 2.71. The van der Waals surface area contributed by atoms with E-state index < -0.39 is 45.2 Å². The van der Waals surface area contributed by atoms with Gasteiger partial charge in [0, 0.05) is 12.0 Å². The van der Waals surface area contributed by atoms with Gasteiger partial charge < -0.3 is 21.1 Å². The second-order valence-corrected chi connectivity index (χ2v) is 12.5. The quantitative estimate of drug-likeness (QED) is 0.165. The Bertz CT molecular complexity index is 1560. The molecule has 3 aromatic rings. The topological polar surface area (TPSA) is 169 Å². The van der Waals surface area contributed by atoms with Gasteiger partial charge in [-0.15, -0.1) is 12.4 Å². The smallest absolute Gasteiger partial charge is 0.325 e. The number of amides is 1. The number of amidine groups is 1. The number of fused-ring (bicyclic) bond motifs is 1. The standard InChI is InChI=1S/C29H35N5O5S.ClH/c1-28(14-5-6-15-33-28)34(19-25(35)39-2)27(36)29(32,18-20-8-7-11-23(16-20)26(30)31)40(37,38)24-13-12-21-9-3-4-10-22(21)17-24;/h3-4,7-13,16-17,33H,5-6,14-15,18-19,32H2,1-2H3,(H3,30,31);1H/t28?,29-;/m1./s1. The van der Waals surface area contributed by atoms with Crippen molar-refractivity contribution in [2.45, 2.75) is 48.0 Å². The second-order valence-electron chi connectivity index (χ2n) is 10.3. The Morgan fingerprint density at radius 2 is 1.78 bits per heavy atom. The summed E-state index contributed by atoms with van der Waals surface area (Å²) in [5.41, 5.74) is 12.2. The van der Waals surface area contributed by atoms with Gasteiger partial charge in [0.25, 0.3) is 5.91 Å². The van der Waals surface area contributed by atoms with Gasteiger partial charge in [0.2, 0.25) is 14.7 Å². The van der Waals surface area contributed by atoms with Gasteiger partial charge in [0.15, 0.2) is 0 Å². The summed E-state index contributed by atoms with van der Waals surface area (Å²) in [6.45, 7) is 1.85. The van der Waals surface area contributed by atoms with E-state index in [0.29, 0.717) is 29.5 Å². The first kappa shape index (κ1) is 32.0. The van der Waals surface area contributed by atoms with E-state index >= 15 is 0 Å². The molecule has 41 heavy (non-hydrogen) atoms. The summed E-state index contributed by atoms with van der Waals surface area (Å²) in [5, 5.41) is 12.6. The zero-order valence-electron chi connectivity index (χ0n) is 23.1. The number of hydrogen-bond donors (Lipinski definition) is 4. The summed E-state index contributed by atoms with van der Waals surface area (Å²) >= 11 is 0.